The van der Waals surface area contributed by atoms with Gasteiger partial charge in [-0.3, -0.25) is 4.79 Å². The molecule has 0 radical (unpaired) electrons. The highest BCUT2D eigenvalue weighted by molar-refractivity contribution is 14.1. The van der Waals surface area contributed by atoms with E-state index in [4.69, 9.17) is 11.6 Å². The van der Waals surface area contributed by atoms with Crippen molar-refractivity contribution in [1.29, 1.82) is 0 Å². The molecule has 0 fully saturated rings. The number of aryl methyl sites for hydroxylation is 1. The van der Waals surface area contributed by atoms with Crippen LogP contribution in [0, 0.1) is 10.5 Å². The quantitative estimate of drug-likeness (QED) is 0.776. The zero-order valence-electron chi connectivity index (χ0n) is 10.4. The van der Waals surface area contributed by atoms with Crippen LogP contribution in [0.1, 0.15) is 33.2 Å². The third kappa shape index (κ3) is 3.67. The predicted octanol–water partition coefficient (Wildman–Crippen LogP) is 4.20. The molecule has 0 saturated heterocycles. The van der Waals surface area contributed by atoms with Crippen LogP contribution in [0.5, 0.6) is 0 Å². The van der Waals surface area contributed by atoms with E-state index in [1.165, 1.54) is 0 Å². The summed E-state index contributed by atoms with van der Waals surface area (Å²) in [6.45, 7) is 3.92. The molecule has 1 unspecified atom stereocenters. The number of halogens is 2. The maximum Gasteiger partial charge on any atom is 0.252 e. The standard InChI is InChI=1S/C13H12ClIN2OS/c1-7-6-16-13(19-7)8(2)17-12(18)10-5-9(14)3-4-11(10)15/h3-6,8H,1-2H3,(H,17,18). The van der Waals surface area contributed by atoms with Crippen molar-refractivity contribution < 1.29 is 4.79 Å². The first-order chi connectivity index (χ1) is 8.97. The molecule has 0 saturated carbocycles. The lowest BCUT2D eigenvalue weighted by molar-refractivity contribution is 0.0939. The molecular formula is C13H12ClIN2OS. The third-order valence-electron chi connectivity index (χ3n) is 2.53. The molecular weight excluding hydrogens is 395 g/mol. The fourth-order valence-corrected chi connectivity index (χ4v) is 3.11. The van der Waals surface area contributed by atoms with Crippen molar-refractivity contribution in [3.8, 4) is 0 Å². The lowest BCUT2D eigenvalue weighted by Gasteiger charge is -2.12. The van der Waals surface area contributed by atoms with Gasteiger partial charge in [0.25, 0.3) is 5.91 Å². The number of rotatable bonds is 3. The maximum absolute atomic E-state index is 12.2. The summed E-state index contributed by atoms with van der Waals surface area (Å²) in [6.07, 6.45) is 1.81. The van der Waals surface area contributed by atoms with Crippen molar-refractivity contribution >= 4 is 51.4 Å². The van der Waals surface area contributed by atoms with Gasteiger partial charge in [0.15, 0.2) is 0 Å². The Hall–Kier alpha value is -0.660. The number of carbonyl (C=O) groups is 1. The first-order valence-corrected chi connectivity index (χ1v) is 7.93. The van der Waals surface area contributed by atoms with Crippen LogP contribution in [0.4, 0.5) is 0 Å². The van der Waals surface area contributed by atoms with Crippen LogP contribution in [0.25, 0.3) is 0 Å². The Morgan fingerprint density at radius 1 is 1.53 bits per heavy atom. The summed E-state index contributed by atoms with van der Waals surface area (Å²) in [5.74, 6) is -0.132. The topological polar surface area (TPSA) is 42.0 Å². The maximum atomic E-state index is 12.2. The fraction of sp³-hybridized carbons (Fsp3) is 0.231. The Morgan fingerprint density at radius 2 is 2.26 bits per heavy atom. The van der Waals surface area contributed by atoms with Gasteiger partial charge in [-0.05, 0) is 54.6 Å². The monoisotopic (exact) mass is 406 g/mol. The molecule has 0 aliphatic carbocycles. The molecule has 1 aromatic carbocycles. The van der Waals surface area contributed by atoms with Crippen LogP contribution in [0.2, 0.25) is 5.02 Å². The molecule has 0 spiro atoms. The number of nitrogens with one attached hydrogen (secondary N) is 1. The first-order valence-electron chi connectivity index (χ1n) is 5.65. The van der Waals surface area contributed by atoms with Gasteiger partial charge in [-0.15, -0.1) is 11.3 Å². The molecule has 1 amide bonds. The van der Waals surface area contributed by atoms with E-state index in [9.17, 15) is 4.79 Å². The molecule has 100 valence electrons. The number of thiazole rings is 1. The van der Waals surface area contributed by atoms with Gasteiger partial charge in [-0.25, -0.2) is 4.98 Å². The Labute approximate surface area is 134 Å². The van der Waals surface area contributed by atoms with Crippen LogP contribution >= 0.6 is 45.5 Å². The Kier molecular flexibility index (Phi) is 4.81. The van der Waals surface area contributed by atoms with Gasteiger partial charge in [0.1, 0.15) is 5.01 Å². The molecule has 2 aromatic rings. The number of aromatic nitrogens is 1. The van der Waals surface area contributed by atoms with E-state index in [0.717, 1.165) is 13.5 Å². The van der Waals surface area contributed by atoms with Crippen LogP contribution in [0.15, 0.2) is 24.4 Å². The number of hydrogen-bond donors (Lipinski definition) is 1. The minimum Gasteiger partial charge on any atom is -0.343 e. The highest BCUT2D eigenvalue weighted by Crippen LogP contribution is 2.21. The van der Waals surface area contributed by atoms with E-state index in [1.54, 1.807) is 23.5 Å². The average Bonchev–Trinajstić information content (AvgIpc) is 2.79. The summed E-state index contributed by atoms with van der Waals surface area (Å²) in [5, 5.41) is 4.40. The van der Waals surface area contributed by atoms with E-state index >= 15 is 0 Å². The van der Waals surface area contributed by atoms with Crippen molar-refractivity contribution in [2.45, 2.75) is 19.9 Å². The molecule has 1 heterocycles. The lowest BCUT2D eigenvalue weighted by atomic mass is 10.2. The van der Waals surface area contributed by atoms with Gasteiger partial charge < -0.3 is 5.32 Å². The average molecular weight is 407 g/mol. The minimum absolute atomic E-state index is 0.110. The van der Waals surface area contributed by atoms with Gasteiger partial charge >= 0.3 is 0 Å². The molecule has 1 N–H and O–H groups in total. The Morgan fingerprint density at radius 3 is 2.89 bits per heavy atom. The molecule has 3 nitrogen and oxygen atoms in total. The van der Waals surface area contributed by atoms with Crippen LogP contribution in [0.3, 0.4) is 0 Å². The lowest BCUT2D eigenvalue weighted by Crippen LogP contribution is -2.27. The summed E-state index contributed by atoms with van der Waals surface area (Å²) in [5.41, 5.74) is 0.591. The molecule has 2 rings (SSSR count). The van der Waals surface area contributed by atoms with Gasteiger partial charge in [0.2, 0.25) is 0 Å². The SMILES string of the molecule is Cc1cnc(C(C)NC(=O)c2cc(Cl)ccc2I)s1. The Balaban J connectivity index is 2.15. The Bertz CT molecular complexity index is 614. The van der Waals surface area contributed by atoms with E-state index in [1.807, 2.05) is 26.1 Å². The highest BCUT2D eigenvalue weighted by atomic mass is 127. The highest BCUT2D eigenvalue weighted by Gasteiger charge is 2.16. The van der Waals surface area contributed by atoms with E-state index in [0.29, 0.717) is 10.6 Å². The van der Waals surface area contributed by atoms with Crippen molar-refractivity contribution in [2.75, 3.05) is 0 Å². The summed E-state index contributed by atoms with van der Waals surface area (Å²) < 4.78 is 0.877. The second-order valence-corrected chi connectivity index (χ2v) is 6.99. The number of amides is 1. The van der Waals surface area contributed by atoms with Crippen LogP contribution < -0.4 is 5.32 Å². The summed E-state index contributed by atoms with van der Waals surface area (Å²) in [4.78, 5) is 17.6. The zero-order chi connectivity index (χ0) is 14.0. The summed E-state index contributed by atoms with van der Waals surface area (Å²) >= 11 is 9.64. The predicted molar refractivity (Wildman–Crippen MR) is 86.9 cm³/mol. The van der Waals surface area contributed by atoms with Crippen molar-refractivity contribution in [1.82, 2.24) is 10.3 Å². The van der Waals surface area contributed by atoms with E-state index in [2.05, 4.69) is 32.9 Å². The molecule has 0 aliphatic rings. The van der Waals surface area contributed by atoms with Gasteiger partial charge in [-0.2, -0.15) is 0 Å². The largest absolute Gasteiger partial charge is 0.343 e. The number of hydrogen-bond acceptors (Lipinski definition) is 3. The van der Waals surface area contributed by atoms with Crippen LogP contribution in [-0.2, 0) is 0 Å². The van der Waals surface area contributed by atoms with Gasteiger partial charge in [-0.1, -0.05) is 11.6 Å². The minimum atomic E-state index is -0.132. The molecule has 1 atom stereocenters. The zero-order valence-corrected chi connectivity index (χ0v) is 14.1. The van der Waals surface area contributed by atoms with Gasteiger partial charge in [0.05, 0.1) is 11.6 Å². The smallest absolute Gasteiger partial charge is 0.252 e. The second kappa shape index (κ2) is 6.19. The molecule has 0 aliphatic heterocycles. The molecule has 1 aromatic heterocycles. The number of carbonyl (C=O) groups excluding carboxylic acids is 1. The molecule has 19 heavy (non-hydrogen) atoms. The number of benzene rings is 1. The van der Waals surface area contributed by atoms with E-state index < -0.39 is 0 Å². The summed E-state index contributed by atoms with van der Waals surface area (Å²) in [6, 6.07) is 5.17. The van der Waals surface area contributed by atoms with Crippen molar-refractivity contribution in [2.24, 2.45) is 0 Å². The second-order valence-electron chi connectivity index (χ2n) is 4.13. The van der Waals surface area contributed by atoms with Crippen LogP contribution in [-0.4, -0.2) is 10.9 Å². The first kappa shape index (κ1) is 14.7. The fourth-order valence-electron chi connectivity index (χ4n) is 1.58. The van der Waals surface area contributed by atoms with Gasteiger partial charge in [0, 0.05) is 19.7 Å². The van der Waals surface area contributed by atoms with E-state index in [-0.39, 0.29) is 11.9 Å². The molecule has 6 heteroatoms. The number of nitrogens with zero attached hydrogens (tertiary/aromatic N) is 1. The third-order valence-corrected chi connectivity index (χ3v) is 4.80. The normalized spacial score (nSPS) is 12.2. The molecule has 0 bridgehead atoms. The van der Waals surface area contributed by atoms with Crippen molar-refractivity contribution in [3.05, 3.63) is 48.4 Å². The van der Waals surface area contributed by atoms with Crippen molar-refractivity contribution in [3.63, 3.8) is 0 Å². The summed E-state index contributed by atoms with van der Waals surface area (Å²) in [7, 11) is 0.